The summed E-state index contributed by atoms with van der Waals surface area (Å²) >= 11 is 0.941. The summed E-state index contributed by atoms with van der Waals surface area (Å²) in [5.41, 5.74) is 4.94. The van der Waals surface area contributed by atoms with Crippen LogP contribution >= 0.6 is 11.3 Å². The molecule has 92 valence electrons. The maximum Gasteiger partial charge on any atom is 0.434 e. The maximum absolute atomic E-state index is 12.7. The lowest BCUT2D eigenvalue weighted by Crippen LogP contribution is -2.10. The minimum Gasteiger partial charge on any atom is -0.332 e. The molecule has 2 heterocycles. The third-order valence-corrected chi connectivity index (χ3v) is 3.29. The highest BCUT2D eigenvalue weighted by molar-refractivity contribution is 7.15. The number of thiazole rings is 1. The van der Waals surface area contributed by atoms with Crippen molar-refractivity contribution in [3.63, 3.8) is 0 Å². The van der Waals surface area contributed by atoms with Crippen LogP contribution in [0.5, 0.6) is 0 Å². The Kier molecular flexibility index (Phi) is 2.92. The standard InChI is InChI=1S/C9H9F3N4S/c1-16-4-14-3-5(16)8-15-7(9(10,11)12)6(2-13)17-8/h3-4H,2,13H2,1H3. The molecule has 0 atom stereocenters. The molecule has 0 unspecified atom stereocenters. The van der Waals surface area contributed by atoms with Crippen LogP contribution in [0.2, 0.25) is 0 Å². The molecule has 0 bridgehead atoms. The van der Waals surface area contributed by atoms with Gasteiger partial charge in [-0.15, -0.1) is 11.3 Å². The van der Waals surface area contributed by atoms with Gasteiger partial charge in [0.1, 0.15) is 5.01 Å². The first-order chi connectivity index (χ1) is 7.93. The van der Waals surface area contributed by atoms with Gasteiger partial charge in [0.2, 0.25) is 0 Å². The van der Waals surface area contributed by atoms with Crippen molar-refractivity contribution in [2.75, 3.05) is 0 Å². The molecule has 2 rings (SSSR count). The molecule has 0 aliphatic carbocycles. The van der Waals surface area contributed by atoms with Crippen molar-refractivity contribution in [3.8, 4) is 10.7 Å². The lowest BCUT2D eigenvalue weighted by molar-refractivity contribution is -0.141. The number of aryl methyl sites for hydroxylation is 1. The molecule has 4 nitrogen and oxygen atoms in total. The van der Waals surface area contributed by atoms with Gasteiger partial charge in [0.25, 0.3) is 0 Å². The molecule has 0 radical (unpaired) electrons. The molecule has 2 aromatic rings. The Labute approximate surface area is 98.9 Å². The molecule has 0 aromatic carbocycles. The van der Waals surface area contributed by atoms with Crippen molar-refractivity contribution in [3.05, 3.63) is 23.1 Å². The van der Waals surface area contributed by atoms with Crippen molar-refractivity contribution in [2.24, 2.45) is 12.8 Å². The van der Waals surface area contributed by atoms with Crippen LogP contribution in [0.25, 0.3) is 10.7 Å². The molecule has 2 aromatic heterocycles. The van der Waals surface area contributed by atoms with Crippen LogP contribution in [-0.2, 0) is 19.8 Å². The van der Waals surface area contributed by atoms with Crippen molar-refractivity contribution in [2.45, 2.75) is 12.7 Å². The van der Waals surface area contributed by atoms with Gasteiger partial charge in [-0.1, -0.05) is 0 Å². The minimum absolute atomic E-state index is 0.0358. The summed E-state index contributed by atoms with van der Waals surface area (Å²) in [5, 5.41) is 0.276. The highest BCUT2D eigenvalue weighted by atomic mass is 32.1. The fraction of sp³-hybridized carbons (Fsp3) is 0.333. The second kappa shape index (κ2) is 4.11. The van der Waals surface area contributed by atoms with Crippen molar-refractivity contribution in [1.29, 1.82) is 0 Å². The second-order valence-electron chi connectivity index (χ2n) is 3.38. The van der Waals surface area contributed by atoms with Crippen molar-refractivity contribution in [1.82, 2.24) is 14.5 Å². The van der Waals surface area contributed by atoms with Crippen molar-refractivity contribution < 1.29 is 13.2 Å². The average Bonchev–Trinajstić information content (AvgIpc) is 2.81. The van der Waals surface area contributed by atoms with E-state index < -0.39 is 11.9 Å². The first-order valence-electron chi connectivity index (χ1n) is 4.67. The normalized spacial score (nSPS) is 12.1. The van der Waals surface area contributed by atoms with Gasteiger partial charge in [-0.25, -0.2) is 9.97 Å². The van der Waals surface area contributed by atoms with Crippen LogP contribution < -0.4 is 5.73 Å². The minimum atomic E-state index is -4.47. The zero-order chi connectivity index (χ0) is 12.6. The first kappa shape index (κ1) is 12.1. The highest BCUT2D eigenvalue weighted by Gasteiger charge is 2.37. The molecule has 0 spiro atoms. The fourth-order valence-corrected chi connectivity index (χ4v) is 2.40. The molecule has 0 aliphatic heterocycles. The largest absolute Gasteiger partial charge is 0.434 e. The zero-order valence-electron chi connectivity index (χ0n) is 8.82. The number of halogens is 3. The zero-order valence-corrected chi connectivity index (χ0v) is 9.64. The summed E-state index contributed by atoms with van der Waals surface area (Å²) < 4.78 is 39.6. The Morgan fingerprint density at radius 3 is 2.59 bits per heavy atom. The van der Waals surface area contributed by atoms with E-state index in [1.165, 1.54) is 12.5 Å². The van der Waals surface area contributed by atoms with Crippen LogP contribution in [0, 0.1) is 0 Å². The summed E-state index contributed by atoms with van der Waals surface area (Å²) in [6, 6.07) is 0. The Bertz CT molecular complexity index is 529. The van der Waals surface area contributed by atoms with Crippen molar-refractivity contribution >= 4 is 11.3 Å². The van der Waals surface area contributed by atoms with E-state index in [0.29, 0.717) is 5.69 Å². The number of hydrogen-bond acceptors (Lipinski definition) is 4. The lowest BCUT2D eigenvalue weighted by Gasteiger charge is -2.03. The highest BCUT2D eigenvalue weighted by Crippen LogP contribution is 2.37. The van der Waals surface area contributed by atoms with Crippen LogP contribution in [-0.4, -0.2) is 14.5 Å². The van der Waals surface area contributed by atoms with Gasteiger partial charge < -0.3 is 10.3 Å². The van der Waals surface area contributed by atoms with Gasteiger partial charge in [-0.05, 0) is 0 Å². The third kappa shape index (κ3) is 2.18. The Hall–Kier alpha value is -1.41. The molecule has 0 amide bonds. The van der Waals surface area contributed by atoms with Gasteiger partial charge in [0, 0.05) is 13.6 Å². The summed E-state index contributed by atoms with van der Waals surface area (Å²) in [5.74, 6) is 0. The molecule has 0 saturated heterocycles. The molecule has 0 aliphatic rings. The van der Waals surface area contributed by atoms with Gasteiger partial charge in [-0.3, -0.25) is 0 Å². The molecular formula is C9H9F3N4S. The van der Waals surface area contributed by atoms with Gasteiger partial charge in [0.15, 0.2) is 5.69 Å². The smallest absolute Gasteiger partial charge is 0.332 e. The van der Waals surface area contributed by atoms with Crippen LogP contribution in [0.1, 0.15) is 10.6 Å². The molecular weight excluding hydrogens is 253 g/mol. The lowest BCUT2D eigenvalue weighted by atomic mass is 10.3. The Morgan fingerprint density at radius 1 is 1.47 bits per heavy atom. The number of imidazole rings is 1. The van der Waals surface area contributed by atoms with E-state index in [4.69, 9.17) is 5.73 Å². The number of alkyl halides is 3. The molecule has 17 heavy (non-hydrogen) atoms. The molecule has 0 saturated carbocycles. The summed E-state index contributed by atoms with van der Waals surface area (Å²) in [6.07, 6.45) is -1.49. The van der Waals surface area contributed by atoms with E-state index in [2.05, 4.69) is 9.97 Å². The Balaban J connectivity index is 2.52. The predicted molar refractivity (Wildman–Crippen MR) is 57.2 cm³/mol. The van der Waals surface area contributed by atoms with E-state index in [1.54, 1.807) is 11.6 Å². The van der Waals surface area contributed by atoms with Gasteiger partial charge in [-0.2, -0.15) is 13.2 Å². The topological polar surface area (TPSA) is 56.7 Å². The number of nitrogens with zero attached hydrogens (tertiary/aromatic N) is 3. The quantitative estimate of drug-likeness (QED) is 0.900. The van der Waals surface area contributed by atoms with E-state index in [1.807, 2.05) is 0 Å². The molecule has 2 N–H and O–H groups in total. The van der Waals surface area contributed by atoms with E-state index in [0.717, 1.165) is 11.3 Å². The van der Waals surface area contributed by atoms with E-state index in [-0.39, 0.29) is 16.4 Å². The summed E-state index contributed by atoms with van der Waals surface area (Å²) in [6.45, 7) is -0.176. The third-order valence-electron chi connectivity index (χ3n) is 2.19. The van der Waals surface area contributed by atoms with E-state index in [9.17, 15) is 13.2 Å². The summed E-state index contributed by atoms with van der Waals surface area (Å²) in [7, 11) is 1.69. The van der Waals surface area contributed by atoms with Crippen LogP contribution in [0.3, 0.4) is 0 Å². The molecule has 0 fully saturated rings. The van der Waals surface area contributed by atoms with Crippen LogP contribution in [0.4, 0.5) is 13.2 Å². The number of hydrogen-bond donors (Lipinski definition) is 1. The SMILES string of the molecule is Cn1cncc1-c1nc(C(F)(F)F)c(CN)s1. The van der Waals surface area contributed by atoms with Gasteiger partial charge >= 0.3 is 6.18 Å². The fourth-order valence-electron chi connectivity index (χ4n) is 1.38. The summed E-state index contributed by atoms with van der Waals surface area (Å²) in [4.78, 5) is 7.49. The predicted octanol–water partition coefficient (Wildman–Crippen LogP) is 2.02. The average molecular weight is 262 g/mol. The first-order valence-corrected chi connectivity index (χ1v) is 5.48. The molecule has 8 heteroatoms. The number of nitrogens with two attached hydrogens (primary N) is 1. The second-order valence-corrected chi connectivity index (χ2v) is 4.47. The number of aromatic nitrogens is 3. The van der Waals surface area contributed by atoms with Gasteiger partial charge in [0.05, 0.1) is 23.1 Å². The number of rotatable bonds is 2. The monoisotopic (exact) mass is 262 g/mol. The maximum atomic E-state index is 12.7. The van der Waals surface area contributed by atoms with Crippen LogP contribution in [0.15, 0.2) is 12.5 Å². The Morgan fingerprint density at radius 2 is 2.18 bits per heavy atom. The van der Waals surface area contributed by atoms with E-state index >= 15 is 0 Å².